The summed E-state index contributed by atoms with van der Waals surface area (Å²) in [5.74, 6) is 0. The monoisotopic (exact) mass is 268 g/mol. The van der Waals surface area contributed by atoms with E-state index in [2.05, 4.69) is 0 Å². The van der Waals surface area contributed by atoms with Crippen LogP contribution in [-0.4, -0.2) is 29.0 Å². The third-order valence-electron chi connectivity index (χ3n) is 3.00. The van der Waals surface area contributed by atoms with Crippen molar-refractivity contribution in [2.75, 3.05) is 13.2 Å². The lowest BCUT2D eigenvalue weighted by atomic mass is 10.2. The van der Waals surface area contributed by atoms with Gasteiger partial charge in [-0.05, 0) is 13.3 Å². The fourth-order valence-corrected chi connectivity index (χ4v) is 1.97. The minimum Gasteiger partial charge on any atom is -0.353 e. The summed E-state index contributed by atoms with van der Waals surface area (Å²) in [7, 11) is 0. The summed E-state index contributed by atoms with van der Waals surface area (Å²) in [6.07, 6.45) is 2.31. The van der Waals surface area contributed by atoms with Crippen LogP contribution in [0.5, 0.6) is 0 Å². The quantitative estimate of drug-likeness (QED) is 0.605. The largest absolute Gasteiger partial charge is 0.353 e. The average molecular weight is 268 g/mol. The number of pyridine rings is 1. The second-order valence-electron chi connectivity index (χ2n) is 4.44. The summed E-state index contributed by atoms with van der Waals surface area (Å²) in [5.41, 5.74) is 0.0698. The summed E-state index contributed by atoms with van der Waals surface area (Å²) < 4.78 is 12.1. The molecule has 1 aromatic heterocycles. The normalized spacial score (nSPS) is 16.5. The standard InChI is InChI=1S/C12H16N2O5/c1-9-7-11(15)13(8-10(9)14(16)17)4-3-12-18-5-2-6-19-12/h7-8,12H,2-6H2,1H3. The van der Waals surface area contributed by atoms with Gasteiger partial charge in [0, 0.05) is 24.6 Å². The van der Waals surface area contributed by atoms with Gasteiger partial charge in [0.1, 0.15) is 0 Å². The lowest BCUT2D eigenvalue weighted by molar-refractivity contribution is -0.386. The van der Waals surface area contributed by atoms with Gasteiger partial charge in [-0.25, -0.2) is 0 Å². The van der Waals surface area contributed by atoms with Gasteiger partial charge in [0.2, 0.25) is 0 Å². The minimum absolute atomic E-state index is 0.0509. The third-order valence-corrected chi connectivity index (χ3v) is 3.00. The van der Waals surface area contributed by atoms with Gasteiger partial charge in [-0.2, -0.15) is 0 Å². The van der Waals surface area contributed by atoms with Gasteiger partial charge in [0.25, 0.3) is 11.2 Å². The van der Waals surface area contributed by atoms with Gasteiger partial charge < -0.3 is 14.0 Å². The van der Waals surface area contributed by atoms with E-state index in [1.54, 1.807) is 6.92 Å². The van der Waals surface area contributed by atoms with Gasteiger partial charge in [-0.3, -0.25) is 14.9 Å². The molecule has 1 saturated heterocycles. The van der Waals surface area contributed by atoms with E-state index in [0.29, 0.717) is 31.7 Å². The Morgan fingerprint density at radius 3 is 2.79 bits per heavy atom. The molecule has 7 heteroatoms. The highest BCUT2D eigenvalue weighted by Gasteiger charge is 2.16. The number of nitro groups is 1. The Hall–Kier alpha value is -1.73. The predicted octanol–water partition coefficient (Wildman–Crippen LogP) is 1.22. The molecule has 104 valence electrons. The van der Waals surface area contributed by atoms with Crippen molar-refractivity contribution in [2.45, 2.75) is 32.6 Å². The molecule has 1 aliphatic rings. The Bertz CT molecular complexity index is 519. The van der Waals surface area contributed by atoms with Crippen LogP contribution in [0.25, 0.3) is 0 Å². The second kappa shape index (κ2) is 5.94. The summed E-state index contributed by atoms with van der Waals surface area (Å²) in [6, 6.07) is 1.28. The van der Waals surface area contributed by atoms with E-state index in [1.807, 2.05) is 0 Å². The van der Waals surface area contributed by atoms with E-state index in [9.17, 15) is 14.9 Å². The van der Waals surface area contributed by atoms with Gasteiger partial charge in [-0.15, -0.1) is 0 Å². The zero-order valence-electron chi connectivity index (χ0n) is 10.7. The molecule has 2 rings (SSSR count). The van der Waals surface area contributed by atoms with E-state index in [0.717, 1.165) is 6.42 Å². The Morgan fingerprint density at radius 1 is 1.47 bits per heavy atom. The Kier molecular flexibility index (Phi) is 4.28. The molecule has 0 aromatic carbocycles. The lowest BCUT2D eigenvalue weighted by Crippen LogP contribution is -2.28. The van der Waals surface area contributed by atoms with Crippen molar-refractivity contribution in [3.63, 3.8) is 0 Å². The molecular weight excluding hydrogens is 252 g/mol. The molecular formula is C12H16N2O5. The highest BCUT2D eigenvalue weighted by atomic mass is 16.7. The van der Waals surface area contributed by atoms with Gasteiger partial charge in [-0.1, -0.05) is 0 Å². The molecule has 2 heterocycles. The molecule has 1 aromatic rings. The predicted molar refractivity (Wildman–Crippen MR) is 67.0 cm³/mol. The molecule has 0 saturated carbocycles. The Balaban J connectivity index is 2.09. The van der Waals surface area contributed by atoms with Crippen molar-refractivity contribution in [3.8, 4) is 0 Å². The van der Waals surface area contributed by atoms with E-state index >= 15 is 0 Å². The van der Waals surface area contributed by atoms with Gasteiger partial charge in [0.15, 0.2) is 6.29 Å². The molecule has 0 radical (unpaired) electrons. The maximum atomic E-state index is 11.7. The van der Waals surface area contributed by atoms with Crippen LogP contribution in [0, 0.1) is 17.0 Å². The van der Waals surface area contributed by atoms with Gasteiger partial charge in [0.05, 0.1) is 24.3 Å². The number of aromatic nitrogens is 1. The average Bonchev–Trinajstić information content (AvgIpc) is 2.38. The molecule has 0 atom stereocenters. The SMILES string of the molecule is Cc1cc(=O)n(CCC2OCCCO2)cc1[N+](=O)[O-]. The van der Waals surface area contributed by atoms with E-state index in [1.165, 1.54) is 16.8 Å². The molecule has 19 heavy (non-hydrogen) atoms. The van der Waals surface area contributed by atoms with Crippen molar-refractivity contribution in [3.05, 3.63) is 38.3 Å². The Labute approximate surface area is 109 Å². The van der Waals surface area contributed by atoms with E-state index < -0.39 is 4.92 Å². The van der Waals surface area contributed by atoms with Crippen LogP contribution in [0.1, 0.15) is 18.4 Å². The van der Waals surface area contributed by atoms with Crippen LogP contribution in [0.15, 0.2) is 17.1 Å². The number of hydrogen-bond acceptors (Lipinski definition) is 5. The fraction of sp³-hybridized carbons (Fsp3) is 0.583. The van der Waals surface area contributed by atoms with Crippen LogP contribution in [-0.2, 0) is 16.0 Å². The first kappa shape index (κ1) is 13.7. The van der Waals surface area contributed by atoms with E-state index in [-0.39, 0.29) is 17.5 Å². The molecule has 7 nitrogen and oxygen atoms in total. The number of rotatable bonds is 4. The zero-order valence-corrected chi connectivity index (χ0v) is 10.7. The first-order valence-electron chi connectivity index (χ1n) is 6.16. The maximum Gasteiger partial charge on any atom is 0.288 e. The molecule has 0 N–H and O–H groups in total. The lowest BCUT2D eigenvalue weighted by Gasteiger charge is -2.23. The number of hydrogen-bond donors (Lipinski definition) is 0. The smallest absolute Gasteiger partial charge is 0.288 e. The number of nitrogens with zero attached hydrogens (tertiary/aromatic N) is 2. The summed E-state index contributed by atoms with van der Waals surface area (Å²) in [4.78, 5) is 22.1. The van der Waals surface area contributed by atoms with Crippen molar-refractivity contribution >= 4 is 5.69 Å². The summed E-state index contributed by atoms with van der Waals surface area (Å²) in [5, 5.41) is 10.8. The van der Waals surface area contributed by atoms with Crippen LogP contribution in [0.2, 0.25) is 0 Å². The minimum atomic E-state index is -0.487. The first-order chi connectivity index (χ1) is 9.08. The zero-order chi connectivity index (χ0) is 13.8. The van der Waals surface area contributed by atoms with Crippen LogP contribution < -0.4 is 5.56 Å². The highest BCUT2D eigenvalue weighted by Crippen LogP contribution is 2.15. The molecule has 0 aliphatic carbocycles. The van der Waals surface area contributed by atoms with E-state index in [4.69, 9.17) is 9.47 Å². The number of ether oxygens (including phenoxy) is 2. The first-order valence-corrected chi connectivity index (χ1v) is 6.16. The van der Waals surface area contributed by atoms with Crippen molar-refractivity contribution in [1.82, 2.24) is 4.57 Å². The maximum absolute atomic E-state index is 11.7. The van der Waals surface area contributed by atoms with Crippen LogP contribution >= 0.6 is 0 Å². The third kappa shape index (κ3) is 3.39. The summed E-state index contributed by atoms with van der Waals surface area (Å²) >= 11 is 0. The molecule has 1 fully saturated rings. The molecule has 1 aliphatic heterocycles. The van der Waals surface area contributed by atoms with Crippen molar-refractivity contribution in [1.29, 1.82) is 0 Å². The van der Waals surface area contributed by atoms with Crippen LogP contribution in [0.3, 0.4) is 0 Å². The molecule has 0 unspecified atom stereocenters. The van der Waals surface area contributed by atoms with Crippen molar-refractivity contribution < 1.29 is 14.4 Å². The molecule has 0 amide bonds. The van der Waals surface area contributed by atoms with Crippen LogP contribution in [0.4, 0.5) is 5.69 Å². The Morgan fingerprint density at radius 2 is 2.16 bits per heavy atom. The fourth-order valence-electron chi connectivity index (χ4n) is 1.97. The second-order valence-corrected chi connectivity index (χ2v) is 4.44. The molecule has 0 spiro atoms. The van der Waals surface area contributed by atoms with Crippen molar-refractivity contribution in [2.24, 2.45) is 0 Å². The molecule has 0 bridgehead atoms. The van der Waals surface area contributed by atoms with Gasteiger partial charge >= 0.3 is 0 Å². The summed E-state index contributed by atoms with van der Waals surface area (Å²) in [6.45, 7) is 3.18. The highest BCUT2D eigenvalue weighted by molar-refractivity contribution is 5.35. The number of aryl methyl sites for hydroxylation is 2. The topological polar surface area (TPSA) is 83.6 Å².